The summed E-state index contributed by atoms with van der Waals surface area (Å²) in [5, 5.41) is 3.30. The van der Waals surface area contributed by atoms with Crippen LogP contribution in [0.1, 0.15) is 26.2 Å². The Labute approximate surface area is 78.8 Å². The summed E-state index contributed by atoms with van der Waals surface area (Å²) in [5.74, 6) is 0.413. The second-order valence-electron chi connectivity index (χ2n) is 4.41. The lowest BCUT2D eigenvalue weighted by molar-refractivity contribution is -0.124. The van der Waals surface area contributed by atoms with Crippen LogP contribution in [0.4, 0.5) is 0 Å². The topological polar surface area (TPSA) is 38.3 Å². The summed E-state index contributed by atoms with van der Waals surface area (Å²) in [6.07, 6.45) is 2.81. The van der Waals surface area contributed by atoms with Crippen LogP contribution in [0.2, 0.25) is 0 Å². The Morgan fingerprint density at radius 3 is 2.92 bits per heavy atom. The van der Waals surface area contributed by atoms with E-state index >= 15 is 0 Å². The maximum Gasteiger partial charge on any atom is 0.140 e. The number of Topliss-reactive ketones (excluding diaryl/α,β-unsaturated/α-hetero) is 1. The highest BCUT2D eigenvalue weighted by Gasteiger charge is 2.44. The lowest BCUT2D eigenvalue weighted by Crippen LogP contribution is -2.43. The second kappa shape index (κ2) is 3.39. The minimum absolute atomic E-state index is 0.0269. The maximum absolute atomic E-state index is 11.7. The number of nitrogens with one attached hydrogen (secondary N) is 1. The normalized spacial score (nSPS) is 31.3. The molecule has 1 saturated carbocycles. The van der Waals surface area contributed by atoms with Gasteiger partial charge in [0.2, 0.25) is 0 Å². The van der Waals surface area contributed by atoms with E-state index < -0.39 is 0 Å². The Balaban J connectivity index is 1.79. The molecule has 0 bridgehead atoms. The summed E-state index contributed by atoms with van der Waals surface area (Å²) >= 11 is 0. The van der Waals surface area contributed by atoms with Gasteiger partial charge < -0.3 is 10.1 Å². The van der Waals surface area contributed by atoms with Gasteiger partial charge in [0.25, 0.3) is 0 Å². The molecule has 2 aliphatic rings. The zero-order chi connectivity index (χ0) is 9.31. The quantitative estimate of drug-likeness (QED) is 0.701. The fourth-order valence-electron chi connectivity index (χ4n) is 1.69. The summed E-state index contributed by atoms with van der Waals surface area (Å²) in [4.78, 5) is 11.7. The first-order chi connectivity index (χ1) is 6.21. The molecule has 13 heavy (non-hydrogen) atoms. The lowest BCUT2D eigenvalue weighted by Gasteiger charge is -2.24. The van der Waals surface area contributed by atoms with Crippen LogP contribution in [0.15, 0.2) is 0 Å². The predicted molar refractivity (Wildman–Crippen MR) is 49.6 cm³/mol. The minimum Gasteiger partial charge on any atom is -0.379 e. The van der Waals surface area contributed by atoms with Gasteiger partial charge in [-0.05, 0) is 12.8 Å². The minimum atomic E-state index is 0.0269. The molecule has 3 nitrogen and oxygen atoms in total. The third-order valence-electron chi connectivity index (χ3n) is 3.10. The van der Waals surface area contributed by atoms with Crippen molar-refractivity contribution in [1.29, 1.82) is 0 Å². The first kappa shape index (κ1) is 9.16. The van der Waals surface area contributed by atoms with Crippen LogP contribution in [-0.4, -0.2) is 31.6 Å². The van der Waals surface area contributed by atoms with Crippen LogP contribution in [-0.2, 0) is 9.53 Å². The Kier molecular flexibility index (Phi) is 2.39. The van der Waals surface area contributed by atoms with Gasteiger partial charge in [-0.25, -0.2) is 0 Å². The van der Waals surface area contributed by atoms with Crippen molar-refractivity contribution in [3.05, 3.63) is 0 Å². The monoisotopic (exact) mass is 183 g/mol. The van der Waals surface area contributed by atoms with Gasteiger partial charge >= 0.3 is 0 Å². The Hall–Kier alpha value is -0.410. The Morgan fingerprint density at radius 2 is 2.38 bits per heavy atom. The van der Waals surface area contributed by atoms with Crippen molar-refractivity contribution >= 4 is 5.78 Å². The predicted octanol–water partition coefficient (Wildman–Crippen LogP) is 0.734. The van der Waals surface area contributed by atoms with Crippen LogP contribution in [0.5, 0.6) is 0 Å². The SMILES string of the molecule is CC1(C(=O)CC2COCCN2)CC1. The van der Waals surface area contributed by atoms with E-state index in [9.17, 15) is 4.79 Å². The first-order valence-corrected chi connectivity index (χ1v) is 5.05. The van der Waals surface area contributed by atoms with E-state index in [2.05, 4.69) is 12.2 Å². The number of ether oxygens (including phenoxy) is 1. The molecule has 1 saturated heterocycles. The molecular weight excluding hydrogens is 166 g/mol. The molecule has 2 fully saturated rings. The van der Waals surface area contributed by atoms with E-state index in [1.54, 1.807) is 0 Å². The Bertz CT molecular complexity index is 205. The number of carbonyl (C=O) groups excluding carboxylic acids is 1. The van der Waals surface area contributed by atoms with Gasteiger partial charge in [-0.15, -0.1) is 0 Å². The van der Waals surface area contributed by atoms with Crippen LogP contribution in [0.3, 0.4) is 0 Å². The number of hydrogen-bond donors (Lipinski definition) is 1. The molecule has 1 atom stereocenters. The molecule has 1 aliphatic carbocycles. The highest BCUT2D eigenvalue weighted by atomic mass is 16.5. The number of carbonyl (C=O) groups is 1. The van der Waals surface area contributed by atoms with Gasteiger partial charge in [-0.2, -0.15) is 0 Å². The summed E-state index contributed by atoms with van der Waals surface area (Å²) < 4.78 is 5.30. The van der Waals surface area contributed by atoms with Crippen LogP contribution in [0, 0.1) is 5.41 Å². The molecule has 1 unspecified atom stereocenters. The summed E-state index contributed by atoms with van der Waals surface area (Å²) in [6, 6.07) is 0.263. The van der Waals surface area contributed by atoms with Gasteiger partial charge in [0.15, 0.2) is 0 Å². The third kappa shape index (κ3) is 2.09. The van der Waals surface area contributed by atoms with E-state index in [0.717, 1.165) is 26.0 Å². The van der Waals surface area contributed by atoms with E-state index in [4.69, 9.17) is 4.74 Å². The highest BCUT2D eigenvalue weighted by molar-refractivity contribution is 5.87. The molecule has 0 aromatic rings. The molecule has 0 radical (unpaired) electrons. The zero-order valence-electron chi connectivity index (χ0n) is 8.14. The molecule has 0 spiro atoms. The molecule has 0 aromatic carbocycles. The van der Waals surface area contributed by atoms with Crippen molar-refractivity contribution < 1.29 is 9.53 Å². The second-order valence-corrected chi connectivity index (χ2v) is 4.41. The summed E-state index contributed by atoms with van der Waals surface area (Å²) in [7, 11) is 0. The van der Waals surface area contributed by atoms with E-state index in [-0.39, 0.29) is 11.5 Å². The average Bonchev–Trinajstić information content (AvgIpc) is 2.87. The number of morpholine rings is 1. The standard InChI is InChI=1S/C10H17NO2/c1-10(2-3-10)9(12)6-8-7-13-5-4-11-8/h8,11H,2-7H2,1H3. The highest BCUT2D eigenvalue weighted by Crippen LogP contribution is 2.46. The van der Waals surface area contributed by atoms with E-state index in [1.807, 2.05) is 0 Å². The van der Waals surface area contributed by atoms with Crippen molar-refractivity contribution in [3.63, 3.8) is 0 Å². The van der Waals surface area contributed by atoms with Crippen molar-refractivity contribution in [2.75, 3.05) is 19.8 Å². The average molecular weight is 183 g/mol. The number of rotatable bonds is 3. The smallest absolute Gasteiger partial charge is 0.140 e. The maximum atomic E-state index is 11.7. The number of ketones is 1. The van der Waals surface area contributed by atoms with Gasteiger partial charge in [-0.1, -0.05) is 6.92 Å². The van der Waals surface area contributed by atoms with Crippen LogP contribution < -0.4 is 5.32 Å². The third-order valence-corrected chi connectivity index (χ3v) is 3.10. The molecule has 1 heterocycles. The van der Waals surface area contributed by atoms with Crippen LogP contribution >= 0.6 is 0 Å². The van der Waals surface area contributed by atoms with E-state index in [0.29, 0.717) is 18.8 Å². The molecule has 1 N–H and O–H groups in total. The zero-order valence-corrected chi connectivity index (χ0v) is 8.14. The molecule has 0 amide bonds. The van der Waals surface area contributed by atoms with Crippen molar-refractivity contribution in [3.8, 4) is 0 Å². The molecular formula is C10H17NO2. The fourth-order valence-corrected chi connectivity index (χ4v) is 1.69. The van der Waals surface area contributed by atoms with E-state index in [1.165, 1.54) is 0 Å². The summed E-state index contributed by atoms with van der Waals surface area (Å²) in [5.41, 5.74) is 0.0269. The molecule has 3 heteroatoms. The van der Waals surface area contributed by atoms with Gasteiger partial charge in [0.05, 0.1) is 13.2 Å². The van der Waals surface area contributed by atoms with Gasteiger partial charge in [0, 0.05) is 24.4 Å². The molecule has 0 aromatic heterocycles. The van der Waals surface area contributed by atoms with Crippen molar-refractivity contribution in [1.82, 2.24) is 5.32 Å². The van der Waals surface area contributed by atoms with Gasteiger partial charge in [0.1, 0.15) is 5.78 Å². The molecule has 1 aliphatic heterocycles. The van der Waals surface area contributed by atoms with Crippen molar-refractivity contribution in [2.24, 2.45) is 5.41 Å². The Morgan fingerprint density at radius 1 is 1.62 bits per heavy atom. The largest absolute Gasteiger partial charge is 0.379 e. The van der Waals surface area contributed by atoms with Gasteiger partial charge in [-0.3, -0.25) is 4.79 Å². The first-order valence-electron chi connectivity index (χ1n) is 5.05. The fraction of sp³-hybridized carbons (Fsp3) is 0.900. The lowest BCUT2D eigenvalue weighted by atomic mass is 9.97. The molecule has 2 rings (SSSR count). The van der Waals surface area contributed by atoms with Crippen LogP contribution in [0.25, 0.3) is 0 Å². The number of hydrogen-bond acceptors (Lipinski definition) is 3. The summed E-state index contributed by atoms with van der Waals surface area (Å²) in [6.45, 7) is 4.43. The molecule has 74 valence electrons. The van der Waals surface area contributed by atoms with Crippen molar-refractivity contribution in [2.45, 2.75) is 32.2 Å².